The lowest BCUT2D eigenvalue weighted by Gasteiger charge is -2.05. The number of hydrogen-bond donors (Lipinski definition) is 0. The summed E-state index contributed by atoms with van der Waals surface area (Å²) in [5.74, 6) is 0.0725. The molecule has 106 valence electrons. The van der Waals surface area contributed by atoms with Gasteiger partial charge < -0.3 is 4.57 Å². The van der Waals surface area contributed by atoms with Crippen molar-refractivity contribution in [1.29, 1.82) is 0 Å². The van der Waals surface area contributed by atoms with Gasteiger partial charge in [-0.3, -0.25) is 4.79 Å². The van der Waals surface area contributed by atoms with Crippen LogP contribution in [-0.2, 0) is 7.05 Å². The van der Waals surface area contributed by atoms with E-state index < -0.39 is 0 Å². The Labute approximate surface area is 132 Å². The van der Waals surface area contributed by atoms with Crippen LogP contribution in [0.4, 0.5) is 0 Å². The van der Waals surface area contributed by atoms with Gasteiger partial charge in [0.15, 0.2) is 5.78 Å². The summed E-state index contributed by atoms with van der Waals surface area (Å²) in [5, 5.41) is 1.01. The number of benzene rings is 2. The summed E-state index contributed by atoms with van der Waals surface area (Å²) in [6, 6.07) is 12.0. The molecular weight excluding hydrogens is 326 g/mol. The van der Waals surface area contributed by atoms with E-state index in [4.69, 9.17) is 0 Å². The number of hydrogen-bond acceptors (Lipinski definition) is 1. The topological polar surface area (TPSA) is 22.0 Å². The molecule has 0 aliphatic heterocycles. The van der Waals surface area contributed by atoms with Crippen LogP contribution in [0.3, 0.4) is 0 Å². The molecule has 0 amide bonds. The lowest BCUT2D eigenvalue weighted by Crippen LogP contribution is -2.03. The molecule has 3 rings (SSSR count). The van der Waals surface area contributed by atoms with E-state index in [1.165, 1.54) is 5.56 Å². The van der Waals surface area contributed by atoms with Gasteiger partial charge in [0.1, 0.15) is 0 Å². The smallest absolute Gasteiger partial charge is 0.195 e. The summed E-state index contributed by atoms with van der Waals surface area (Å²) in [4.78, 5) is 12.9. The van der Waals surface area contributed by atoms with Crippen molar-refractivity contribution in [2.75, 3.05) is 0 Å². The minimum atomic E-state index is 0.0725. The highest BCUT2D eigenvalue weighted by atomic mass is 79.9. The van der Waals surface area contributed by atoms with Crippen molar-refractivity contribution >= 4 is 32.6 Å². The Morgan fingerprint density at radius 1 is 1.05 bits per heavy atom. The van der Waals surface area contributed by atoms with E-state index in [-0.39, 0.29) is 5.78 Å². The first-order valence-corrected chi connectivity index (χ1v) is 7.63. The number of aromatic nitrogens is 1. The molecule has 2 aromatic carbocycles. The standard InChI is InChI=1S/C18H16BrNO/c1-11-4-7-14-16(10-20(3)17(14)8-11)18(21)15-9-13(19)6-5-12(15)2/h4-10H,1-3H3. The molecule has 0 spiro atoms. The van der Waals surface area contributed by atoms with Gasteiger partial charge in [0.25, 0.3) is 0 Å². The van der Waals surface area contributed by atoms with Gasteiger partial charge in [-0.05, 0) is 43.2 Å². The normalized spacial score (nSPS) is 11.0. The number of ketones is 1. The lowest BCUT2D eigenvalue weighted by atomic mass is 9.98. The molecule has 0 saturated heterocycles. The fraction of sp³-hybridized carbons (Fsp3) is 0.167. The molecule has 3 heteroatoms. The van der Waals surface area contributed by atoms with E-state index in [0.29, 0.717) is 0 Å². The quantitative estimate of drug-likeness (QED) is 0.614. The Bertz CT molecular complexity index is 861. The van der Waals surface area contributed by atoms with Crippen LogP contribution in [0.5, 0.6) is 0 Å². The summed E-state index contributed by atoms with van der Waals surface area (Å²) in [7, 11) is 1.98. The number of carbonyl (C=O) groups is 1. The summed E-state index contributed by atoms with van der Waals surface area (Å²) < 4.78 is 2.94. The van der Waals surface area contributed by atoms with Crippen molar-refractivity contribution in [3.63, 3.8) is 0 Å². The molecule has 0 bridgehead atoms. The van der Waals surface area contributed by atoms with Crippen LogP contribution in [0.15, 0.2) is 47.1 Å². The van der Waals surface area contributed by atoms with Crippen molar-refractivity contribution in [2.45, 2.75) is 13.8 Å². The fourth-order valence-corrected chi connectivity index (χ4v) is 3.02. The highest BCUT2D eigenvalue weighted by Crippen LogP contribution is 2.26. The number of nitrogens with zero attached hydrogens (tertiary/aromatic N) is 1. The molecule has 1 aromatic heterocycles. The third-order valence-electron chi connectivity index (χ3n) is 3.84. The molecule has 0 fully saturated rings. The first-order chi connectivity index (χ1) is 9.97. The van der Waals surface area contributed by atoms with Crippen LogP contribution in [0.1, 0.15) is 27.0 Å². The van der Waals surface area contributed by atoms with Crippen LogP contribution in [0, 0.1) is 13.8 Å². The molecule has 0 N–H and O–H groups in total. The summed E-state index contributed by atoms with van der Waals surface area (Å²) >= 11 is 3.44. The van der Waals surface area contributed by atoms with Gasteiger partial charge in [-0.15, -0.1) is 0 Å². The molecule has 2 nitrogen and oxygen atoms in total. The highest BCUT2D eigenvalue weighted by Gasteiger charge is 2.17. The summed E-state index contributed by atoms with van der Waals surface area (Å²) in [6.45, 7) is 4.03. The molecule has 0 aliphatic rings. The minimum absolute atomic E-state index is 0.0725. The zero-order valence-electron chi connectivity index (χ0n) is 12.3. The summed E-state index contributed by atoms with van der Waals surface area (Å²) in [6.07, 6.45) is 1.92. The Balaban J connectivity index is 2.21. The van der Waals surface area contributed by atoms with E-state index in [1.54, 1.807) is 0 Å². The van der Waals surface area contributed by atoms with Gasteiger partial charge in [-0.25, -0.2) is 0 Å². The van der Waals surface area contributed by atoms with Gasteiger partial charge in [0.2, 0.25) is 0 Å². The molecular formula is C18H16BrNO. The predicted octanol–water partition coefficient (Wildman–Crippen LogP) is 4.79. The minimum Gasteiger partial charge on any atom is -0.350 e. The maximum absolute atomic E-state index is 12.9. The summed E-state index contributed by atoms with van der Waals surface area (Å²) in [5.41, 5.74) is 4.78. The van der Waals surface area contributed by atoms with E-state index in [9.17, 15) is 4.79 Å². The van der Waals surface area contributed by atoms with E-state index in [2.05, 4.69) is 28.9 Å². The van der Waals surface area contributed by atoms with Crippen LogP contribution in [0.25, 0.3) is 10.9 Å². The van der Waals surface area contributed by atoms with E-state index in [1.807, 2.05) is 55.1 Å². The second kappa shape index (κ2) is 5.15. The molecule has 1 heterocycles. The lowest BCUT2D eigenvalue weighted by molar-refractivity contribution is 0.103. The number of aryl methyl sites for hydroxylation is 3. The zero-order valence-corrected chi connectivity index (χ0v) is 13.9. The Morgan fingerprint density at radius 2 is 1.81 bits per heavy atom. The molecule has 3 aromatic rings. The van der Waals surface area contributed by atoms with Crippen LogP contribution >= 0.6 is 15.9 Å². The monoisotopic (exact) mass is 341 g/mol. The van der Waals surface area contributed by atoms with Crippen LogP contribution < -0.4 is 0 Å². The second-order valence-corrected chi connectivity index (χ2v) is 6.38. The maximum Gasteiger partial charge on any atom is 0.195 e. The first-order valence-electron chi connectivity index (χ1n) is 6.84. The number of rotatable bonds is 2. The van der Waals surface area contributed by atoms with Crippen LogP contribution in [-0.4, -0.2) is 10.4 Å². The SMILES string of the molecule is Cc1ccc2c(C(=O)c3cc(Br)ccc3C)cn(C)c2c1. The van der Waals surface area contributed by atoms with Crippen molar-refractivity contribution in [1.82, 2.24) is 4.57 Å². The van der Waals surface area contributed by atoms with Gasteiger partial charge in [-0.1, -0.05) is 34.1 Å². The van der Waals surface area contributed by atoms with Crippen molar-refractivity contribution in [3.05, 3.63) is 69.3 Å². The largest absolute Gasteiger partial charge is 0.350 e. The first kappa shape index (κ1) is 14.1. The fourth-order valence-electron chi connectivity index (χ4n) is 2.66. The molecule has 0 atom stereocenters. The van der Waals surface area contributed by atoms with Gasteiger partial charge in [-0.2, -0.15) is 0 Å². The zero-order chi connectivity index (χ0) is 15.1. The Hall–Kier alpha value is -1.87. The van der Waals surface area contributed by atoms with Crippen LogP contribution in [0.2, 0.25) is 0 Å². The molecule has 0 unspecified atom stereocenters. The number of halogens is 1. The van der Waals surface area contributed by atoms with E-state index >= 15 is 0 Å². The number of carbonyl (C=O) groups excluding carboxylic acids is 1. The van der Waals surface area contributed by atoms with Gasteiger partial charge in [0.05, 0.1) is 0 Å². The number of fused-ring (bicyclic) bond motifs is 1. The van der Waals surface area contributed by atoms with Crippen molar-refractivity contribution in [3.8, 4) is 0 Å². The van der Waals surface area contributed by atoms with Crippen molar-refractivity contribution in [2.24, 2.45) is 7.05 Å². The highest BCUT2D eigenvalue weighted by molar-refractivity contribution is 9.10. The van der Waals surface area contributed by atoms with E-state index in [0.717, 1.165) is 32.1 Å². The molecule has 0 saturated carbocycles. The van der Waals surface area contributed by atoms with Gasteiger partial charge >= 0.3 is 0 Å². The molecule has 21 heavy (non-hydrogen) atoms. The second-order valence-electron chi connectivity index (χ2n) is 5.46. The van der Waals surface area contributed by atoms with Gasteiger partial charge in [0, 0.05) is 39.7 Å². The average Bonchev–Trinajstić information content (AvgIpc) is 2.78. The third-order valence-corrected chi connectivity index (χ3v) is 4.33. The third kappa shape index (κ3) is 2.42. The Kier molecular flexibility index (Phi) is 3.46. The van der Waals surface area contributed by atoms with Crippen molar-refractivity contribution < 1.29 is 4.79 Å². The molecule has 0 radical (unpaired) electrons. The molecule has 0 aliphatic carbocycles. The Morgan fingerprint density at radius 3 is 2.57 bits per heavy atom. The predicted molar refractivity (Wildman–Crippen MR) is 90.0 cm³/mol. The maximum atomic E-state index is 12.9. The average molecular weight is 342 g/mol.